The van der Waals surface area contributed by atoms with Gasteiger partial charge >= 0.3 is 0 Å². The molecule has 0 spiro atoms. The maximum absolute atomic E-state index is 13.1. The fraction of sp³-hybridized carbons (Fsp3) is 0.692. The molecule has 0 bridgehead atoms. The first-order valence-electron chi connectivity index (χ1n) is 6.52. The lowest BCUT2D eigenvalue weighted by molar-refractivity contribution is 0.285. The quantitative estimate of drug-likeness (QED) is 0.838. The molecule has 1 atom stereocenters. The Kier molecular flexibility index (Phi) is 9.10. The number of alkyl halides is 1. The number of nitrogens with two attached hydrogens (primary N) is 1. The van der Waals surface area contributed by atoms with Crippen LogP contribution in [0, 0.1) is 6.92 Å². The Labute approximate surface area is 109 Å². The summed E-state index contributed by atoms with van der Waals surface area (Å²) in [5.74, 6) is 0.660. The van der Waals surface area contributed by atoms with Crippen LogP contribution in [0.5, 0.6) is 0 Å². The normalized spacial score (nSPS) is 18.1. The maximum Gasteiger partial charge on any atom is 0.225 e. The molecule has 5 heteroatoms. The van der Waals surface area contributed by atoms with E-state index in [1.807, 2.05) is 31.7 Å². The summed E-state index contributed by atoms with van der Waals surface area (Å²) < 4.78 is 13.1. The van der Waals surface area contributed by atoms with E-state index in [2.05, 4.69) is 15.7 Å². The minimum absolute atomic E-state index is 0.434. The molecule has 1 fully saturated rings. The van der Waals surface area contributed by atoms with Gasteiger partial charge in [-0.2, -0.15) is 0 Å². The monoisotopic (exact) mass is 256 g/mol. The van der Waals surface area contributed by atoms with Gasteiger partial charge in [0.05, 0.1) is 6.54 Å². The molecule has 1 unspecified atom stereocenters. The number of aryl methyl sites for hydroxylation is 1. The number of rotatable bonds is 1. The molecular formula is C13H25FN4. The molecule has 2 heterocycles. The number of halogens is 1. The van der Waals surface area contributed by atoms with Crippen LogP contribution in [-0.4, -0.2) is 36.3 Å². The molecule has 104 valence electrons. The Balaban J connectivity index is 0.000000659. The molecule has 18 heavy (non-hydrogen) atoms. The van der Waals surface area contributed by atoms with Crippen molar-refractivity contribution in [3.8, 4) is 0 Å². The molecule has 1 aromatic rings. The van der Waals surface area contributed by atoms with E-state index in [0.717, 1.165) is 18.7 Å². The van der Waals surface area contributed by atoms with Crippen LogP contribution in [0.1, 0.15) is 32.4 Å². The Morgan fingerprint density at radius 2 is 2.06 bits per heavy atom. The van der Waals surface area contributed by atoms with Gasteiger partial charge in [-0.3, -0.25) is 0 Å². The van der Waals surface area contributed by atoms with Crippen molar-refractivity contribution in [2.24, 2.45) is 5.73 Å². The molecule has 4 nitrogen and oxygen atoms in total. The van der Waals surface area contributed by atoms with Crippen molar-refractivity contribution in [1.82, 2.24) is 9.97 Å². The fourth-order valence-corrected chi connectivity index (χ4v) is 1.70. The third-order valence-corrected chi connectivity index (χ3v) is 2.43. The number of piperidine rings is 1. The van der Waals surface area contributed by atoms with E-state index in [0.29, 0.717) is 18.9 Å². The zero-order valence-electron chi connectivity index (χ0n) is 11.9. The average molecular weight is 256 g/mol. The number of hydrogen-bond acceptors (Lipinski definition) is 4. The van der Waals surface area contributed by atoms with E-state index in [4.69, 9.17) is 0 Å². The van der Waals surface area contributed by atoms with E-state index in [1.165, 1.54) is 7.05 Å². The first-order chi connectivity index (χ1) is 8.75. The first kappa shape index (κ1) is 16.8. The summed E-state index contributed by atoms with van der Waals surface area (Å²) in [6, 6.07) is 1.85. The van der Waals surface area contributed by atoms with Crippen molar-refractivity contribution in [3.63, 3.8) is 0 Å². The van der Waals surface area contributed by atoms with Crippen LogP contribution in [0.15, 0.2) is 12.3 Å². The molecule has 1 aliphatic rings. The first-order valence-corrected chi connectivity index (χ1v) is 6.52. The van der Waals surface area contributed by atoms with Gasteiger partial charge in [-0.15, -0.1) is 0 Å². The van der Waals surface area contributed by atoms with Gasteiger partial charge in [-0.05, 0) is 32.9 Å². The Morgan fingerprint density at radius 3 is 2.61 bits per heavy atom. The average Bonchev–Trinajstić information content (AvgIpc) is 2.43. The largest absolute Gasteiger partial charge is 0.338 e. The standard InChI is InChI=1S/C10H14FN3.C2H6.CH5N/c1-8-4-5-12-10(13-8)14-6-2-3-9(11)7-14;2*1-2/h4-5,9H,2-3,6-7H2,1H3;1-2H3;2H2,1H3. The van der Waals surface area contributed by atoms with Crippen molar-refractivity contribution < 1.29 is 4.39 Å². The van der Waals surface area contributed by atoms with Crippen LogP contribution in [0.25, 0.3) is 0 Å². The van der Waals surface area contributed by atoms with E-state index >= 15 is 0 Å². The number of nitrogens with zero attached hydrogens (tertiary/aromatic N) is 3. The zero-order chi connectivity index (χ0) is 14.0. The van der Waals surface area contributed by atoms with Crippen molar-refractivity contribution in [1.29, 1.82) is 0 Å². The third-order valence-electron chi connectivity index (χ3n) is 2.43. The van der Waals surface area contributed by atoms with E-state index in [-0.39, 0.29) is 0 Å². The van der Waals surface area contributed by atoms with E-state index in [9.17, 15) is 4.39 Å². The summed E-state index contributed by atoms with van der Waals surface area (Å²) in [6.45, 7) is 7.22. The zero-order valence-corrected chi connectivity index (χ0v) is 11.9. The lowest BCUT2D eigenvalue weighted by Gasteiger charge is -2.28. The van der Waals surface area contributed by atoms with Gasteiger partial charge in [-0.1, -0.05) is 13.8 Å². The van der Waals surface area contributed by atoms with Crippen molar-refractivity contribution >= 4 is 5.95 Å². The van der Waals surface area contributed by atoms with Gasteiger partial charge in [0.2, 0.25) is 5.95 Å². The SMILES string of the molecule is CC.CN.Cc1ccnc(N2CCCC(F)C2)n1. The second kappa shape index (κ2) is 9.76. The molecule has 0 amide bonds. The summed E-state index contributed by atoms with van der Waals surface area (Å²) in [7, 11) is 1.50. The minimum atomic E-state index is -0.729. The molecule has 0 radical (unpaired) electrons. The van der Waals surface area contributed by atoms with Gasteiger partial charge in [0.1, 0.15) is 6.17 Å². The summed E-state index contributed by atoms with van der Waals surface area (Å²) in [5.41, 5.74) is 5.43. The predicted octanol–water partition coefficient (Wildman–Crippen LogP) is 2.32. The summed E-state index contributed by atoms with van der Waals surface area (Å²) in [5, 5.41) is 0. The molecule has 2 rings (SSSR count). The van der Waals surface area contributed by atoms with E-state index < -0.39 is 6.17 Å². The van der Waals surface area contributed by atoms with Gasteiger partial charge in [-0.25, -0.2) is 14.4 Å². The Hall–Kier alpha value is -1.23. The van der Waals surface area contributed by atoms with Crippen LogP contribution < -0.4 is 10.6 Å². The van der Waals surface area contributed by atoms with Gasteiger partial charge in [0, 0.05) is 18.4 Å². The Bertz CT molecular complexity index is 320. The van der Waals surface area contributed by atoms with Crippen molar-refractivity contribution in [3.05, 3.63) is 18.0 Å². The highest BCUT2D eigenvalue weighted by Crippen LogP contribution is 2.17. The maximum atomic E-state index is 13.1. The van der Waals surface area contributed by atoms with E-state index in [1.54, 1.807) is 6.20 Å². The van der Waals surface area contributed by atoms with Crippen LogP contribution in [0.2, 0.25) is 0 Å². The van der Waals surface area contributed by atoms with Crippen molar-refractivity contribution in [2.75, 3.05) is 25.0 Å². The second-order valence-corrected chi connectivity index (χ2v) is 3.68. The summed E-state index contributed by atoms with van der Waals surface area (Å²) >= 11 is 0. The van der Waals surface area contributed by atoms with Crippen LogP contribution >= 0.6 is 0 Å². The smallest absolute Gasteiger partial charge is 0.225 e. The fourth-order valence-electron chi connectivity index (χ4n) is 1.70. The van der Waals surface area contributed by atoms with Crippen molar-refractivity contribution in [2.45, 2.75) is 39.8 Å². The topological polar surface area (TPSA) is 55.0 Å². The summed E-state index contributed by atoms with van der Waals surface area (Å²) in [4.78, 5) is 10.3. The molecule has 0 saturated carbocycles. The second-order valence-electron chi connectivity index (χ2n) is 3.68. The highest BCUT2D eigenvalue weighted by atomic mass is 19.1. The third kappa shape index (κ3) is 5.40. The molecule has 1 aromatic heterocycles. The summed E-state index contributed by atoms with van der Waals surface area (Å²) in [6.07, 6.45) is 2.55. The number of anilines is 1. The molecule has 1 aliphatic heterocycles. The Morgan fingerprint density at radius 1 is 1.39 bits per heavy atom. The molecule has 2 N–H and O–H groups in total. The highest BCUT2D eigenvalue weighted by molar-refractivity contribution is 5.30. The molecular weight excluding hydrogens is 231 g/mol. The van der Waals surface area contributed by atoms with Crippen LogP contribution in [0.3, 0.4) is 0 Å². The van der Waals surface area contributed by atoms with Crippen LogP contribution in [-0.2, 0) is 0 Å². The van der Waals surface area contributed by atoms with Gasteiger partial charge in [0.25, 0.3) is 0 Å². The predicted molar refractivity (Wildman–Crippen MR) is 74.6 cm³/mol. The van der Waals surface area contributed by atoms with Crippen LogP contribution in [0.4, 0.5) is 10.3 Å². The molecule has 0 aromatic carbocycles. The highest BCUT2D eigenvalue weighted by Gasteiger charge is 2.20. The number of aromatic nitrogens is 2. The molecule has 1 saturated heterocycles. The van der Waals surface area contributed by atoms with Gasteiger partial charge < -0.3 is 10.6 Å². The lowest BCUT2D eigenvalue weighted by atomic mass is 10.1. The minimum Gasteiger partial charge on any atom is -0.338 e. The number of hydrogen-bond donors (Lipinski definition) is 1. The van der Waals surface area contributed by atoms with Gasteiger partial charge in [0.15, 0.2) is 0 Å². The lowest BCUT2D eigenvalue weighted by Crippen LogP contribution is -2.37. The molecule has 0 aliphatic carbocycles.